The maximum absolute atomic E-state index is 10.6. The molecule has 0 aromatic rings. The highest BCUT2D eigenvalue weighted by atomic mass is 16.8. The molecule has 2 saturated carbocycles. The molecule has 2 aliphatic heterocycles. The van der Waals surface area contributed by atoms with Gasteiger partial charge >= 0.3 is 0 Å². The first-order valence-electron chi connectivity index (χ1n) is 15.7. The second kappa shape index (κ2) is 16.3. The summed E-state index contributed by atoms with van der Waals surface area (Å²) in [6, 6.07) is 0. The van der Waals surface area contributed by atoms with E-state index in [-0.39, 0.29) is 24.4 Å². The SMILES string of the molecule is C#CC1CCC[C@H]1C.CCCC1OC(C)(C)OC1C(O)C#C[C@H]1CCC[C@@H]1C.CCCC1OC(C)(C)OC1C=O. The van der Waals surface area contributed by atoms with Crippen molar-refractivity contribution in [3.8, 4) is 24.2 Å². The number of hydrogen-bond acceptors (Lipinski definition) is 6. The molecule has 1 N–H and O–H groups in total. The van der Waals surface area contributed by atoms with Gasteiger partial charge in [0.15, 0.2) is 17.9 Å². The topological polar surface area (TPSA) is 74.2 Å². The van der Waals surface area contributed by atoms with Gasteiger partial charge in [0.1, 0.15) is 18.3 Å². The number of carbonyl (C=O) groups is 1. The maximum Gasteiger partial charge on any atom is 0.164 e. The fourth-order valence-electron chi connectivity index (χ4n) is 6.15. The van der Waals surface area contributed by atoms with Crippen molar-refractivity contribution >= 4 is 6.29 Å². The minimum atomic E-state index is -0.749. The molecule has 6 heteroatoms. The second-order valence-corrected chi connectivity index (χ2v) is 12.9. The minimum Gasteiger partial charge on any atom is -0.378 e. The highest BCUT2D eigenvalue weighted by Crippen LogP contribution is 2.34. The Kier molecular flexibility index (Phi) is 14.2. The van der Waals surface area contributed by atoms with Crippen LogP contribution in [0.1, 0.15) is 120 Å². The smallest absolute Gasteiger partial charge is 0.164 e. The number of aliphatic hydroxyl groups excluding tert-OH is 1. The minimum absolute atomic E-state index is 0.0532. The first-order chi connectivity index (χ1) is 18.9. The lowest BCUT2D eigenvalue weighted by Gasteiger charge is -2.18. The van der Waals surface area contributed by atoms with Crippen molar-refractivity contribution < 1.29 is 28.8 Å². The average molecular weight is 561 g/mol. The zero-order valence-corrected chi connectivity index (χ0v) is 26.4. The Morgan fingerprint density at radius 3 is 1.85 bits per heavy atom. The third-order valence-electron chi connectivity index (χ3n) is 8.39. The molecule has 0 bridgehead atoms. The number of aldehydes is 1. The van der Waals surface area contributed by atoms with Crippen molar-refractivity contribution in [3.05, 3.63) is 0 Å². The molecule has 0 radical (unpaired) electrons. The van der Waals surface area contributed by atoms with E-state index in [1.807, 2.05) is 27.7 Å². The Balaban J connectivity index is 0.000000236. The summed E-state index contributed by atoms with van der Waals surface area (Å²) in [5.74, 6) is 10.4. The number of hydrogen-bond donors (Lipinski definition) is 1. The van der Waals surface area contributed by atoms with Crippen LogP contribution in [0.25, 0.3) is 0 Å². The zero-order valence-electron chi connectivity index (χ0n) is 26.4. The third kappa shape index (κ3) is 10.8. The summed E-state index contributed by atoms with van der Waals surface area (Å²) < 4.78 is 22.6. The maximum atomic E-state index is 10.6. The van der Waals surface area contributed by atoms with Gasteiger partial charge in [0, 0.05) is 11.8 Å². The van der Waals surface area contributed by atoms with Crippen molar-refractivity contribution in [1.29, 1.82) is 0 Å². The molecule has 0 spiro atoms. The van der Waals surface area contributed by atoms with Crippen LogP contribution < -0.4 is 0 Å². The molecule has 0 amide bonds. The monoisotopic (exact) mass is 560 g/mol. The van der Waals surface area contributed by atoms with E-state index in [1.165, 1.54) is 32.1 Å². The highest BCUT2D eigenvalue weighted by Gasteiger charge is 2.44. The van der Waals surface area contributed by atoms with Gasteiger partial charge in [-0.25, -0.2) is 0 Å². The summed E-state index contributed by atoms with van der Waals surface area (Å²) in [5, 5.41) is 10.3. The van der Waals surface area contributed by atoms with Gasteiger partial charge in [-0.1, -0.05) is 65.2 Å². The van der Waals surface area contributed by atoms with Crippen molar-refractivity contribution in [2.75, 3.05) is 0 Å². The van der Waals surface area contributed by atoms with E-state index in [4.69, 9.17) is 25.4 Å². The van der Waals surface area contributed by atoms with E-state index in [0.29, 0.717) is 17.8 Å². The molecule has 4 rings (SSSR count). The Bertz CT molecular complexity index is 864. The lowest BCUT2D eigenvalue weighted by Crippen LogP contribution is -2.34. The van der Waals surface area contributed by atoms with Crippen LogP contribution in [0.2, 0.25) is 0 Å². The van der Waals surface area contributed by atoms with Crippen LogP contribution in [0, 0.1) is 47.9 Å². The van der Waals surface area contributed by atoms with Crippen molar-refractivity contribution in [3.63, 3.8) is 0 Å². The van der Waals surface area contributed by atoms with E-state index < -0.39 is 17.7 Å². The van der Waals surface area contributed by atoms with Crippen molar-refractivity contribution in [2.24, 2.45) is 23.7 Å². The van der Waals surface area contributed by atoms with Gasteiger partial charge in [0.25, 0.3) is 0 Å². The van der Waals surface area contributed by atoms with E-state index in [9.17, 15) is 9.90 Å². The van der Waals surface area contributed by atoms with Crippen LogP contribution in [-0.4, -0.2) is 53.5 Å². The van der Waals surface area contributed by atoms with Crippen LogP contribution in [0.15, 0.2) is 0 Å². The molecule has 9 atom stereocenters. The number of carbonyl (C=O) groups excluding carboxylic acids is 1. The predicted molar refractivity (Wildman–Crippen MR) is 159 cm³/mol. The molecule has 0 aromatic heterocycles. The quantitative estimate of drug-likeness (QED) is 0.289. The fourth-order valence-corrected chi connectivity index (χ4v) is 6.15. The number of ether oxygens (including phenoxy) is 4. The molecule has 2 aliphatic carbocycles. The van der Waals surface area contributed by atoms with Crippen LogP contribution in [0.4, 0.5) is 0 Å². The number of aliphatic hydroxyl groups is 1. The first kappa shape index (κ1) is 34.8. The summed E-state index contributed by atoms with van der Waals surface area (Å²) in [7, 11) is 0. The standard InChI is InChI=1S/C17H28O3.C9H16O3.C8H12/c1-5-7-15-16(20-17(3,4)19-15)14(18)11-10-13-9-6-8-12(13)2;1-4-5-7-8(6-10)12-9(2,3)11-7;1-3-8-6-4-5-7(8)2/h12-16,18H,5-9H2,1-4H3;6-8H,4-5H2,1-3H3;1,7-8H,4-6H2,2H3/t12-,13+,14?,15?,16?;;7-,8?/m0.1/s1. The third-order valence-corrected chi connectivity index (χ3v) is 8.39. The lowest BCUT2D eigenvalue weighted by molar-refractivity contribution is -0.152. The van der Waals surface area contributed by atoms with E-state index in [0.717, 1.165) is 44.3 Å². The van der Waals surface area contributed by atoms with Crippen LogP contribution in [0.3, 0.4) is 0 Å². The van der Waals surface area contributed by atoms with Crippen LogP contribution in [-0.2, 0) is 23.7 Å². The van der Waals surface area contributed by atoms with Gasteiger partial charge in [-0.3, -0.25) is 0 Å². The molecular weight excluding hydrogens is 504 g/mol. The predicted octanol–water partition coefficient (Wildman–Crippen LogP) is 6.67. The molecule has 2 saturated heterocycles. The molecule has 40 heavy (non-hydrogen) atoms. The van der Waals surface area contributed by atoms with E-state index in [1.54, 1.807) is 0 Å². The van der Waals surface area contributed by atoms with E-state index >= 15 is 0 Å². The zero-order chi connectivity index (χ0) is 29.9. The number of terminal acetylenes is 1. The largest absolute Gasteiger partial charge is 0.378 e. The number of rotatable bonds is 6. The average Bonchev–Trinajstić information content (AvgIpc) is 3.64. The second-order valence-electron chi connectivity index (χ2n) is 12.9. The fraction of sp³-hybridized carbons (Fsp3) is 0.853. The molecular formula is C34H56O6. The molecule has 228 valence electrons. The van der Waals surface area contributed by atoms with Gasteiger partial charge in [0.2, 0.25) is 0 Å². The first-order valence-corrected chi connectivity index (χ1v) is 15.7. The van der Waals surface area contributed by atoms with Gasteiger partial charge < -0.3 is 28.8 Å². The van der Waals surface area contributed by atoms with Crippen LogP contribution in [0.5, 0.6) is 0 Å². The molecule has 4 fully saturated rings. The van der Waals surface area contributed by atoms with Gasteiger partial charge in [-0.15, -0.1) is 12.3 Å². The summed E-state index contributed by atoms with van der Waals surface area (Å²) in [6.07, 6.45) is 16.0. The van der Waals surface area contributed by atoms with Gasteiger partial charge in [0.05, 0.1) is 12.2 Å². The van der Waals surface area contributed by atoms with Crippen molar-refractivity contribution in [2.45, 2.75) is 162 Å². The molecule has 0 aromatic carbocycles. The van der Waals surface area contributed by atoms with Gasteiger partial charge in [-0.05, 0) is 78.1 Å². The Hall–Kier alpha value is -1.41. The van der Waals surface area contributed by atoms with Crippen molar-refractivity contribution in [1.82, 2.24) is 0 Å². The lowest BCUT2D eigenvalue weighted by atomic mass is 9.97. The summed E-state index contributed by atoms with van der Waals surface area (Å²) >= 11 is 0. The Morgan fingerprint density at radius 2 is 1.38 bits per heavy atom. The Morgan fingerprint density at radius 1 is 0.850 bits per heavy atom. The van der Waals surface area contributed by atoms with Crippen LogP contribution >= 0.6 is 0 Å². The summed E-state index contributed by atoms with van der Waals surface area (Å²) in [6.45, 7) is 16.1. The Labute approximate surface area is 244 Å². The molecule has 6 unspecified atom stereocenters. The van der Waals surface area contributed by atoms with E-state index in [2.05, 4.69) is 45.5 Å². The van der Waals surface area contributed by atoms with Gasteiger partial charge in [-0.2, -0.15) is 0 Å². The molecule has 6 nitrogen and oxygen atoms in total. The summed E-state index contributed by atoms with van der Waals surface area (Å²) in [5.41, 5.74) is 0. The normalized spacial score (nSPS) is 36.2. The molecule has 4 aliphatic rings. The molecule has 2 heterocycles. The summed E-state index contributed by atoms with van der Waals surface area (Å²) in [4.78, 5) is 10.6. The highest BCUT2D eigenvalue weighted by molar-refractivity contribution is 5.57.